The molecule has 26 heavy (non-hydrogen) atoms. The fourth-order valence-corrected chi connectivity index (χ4v) is 2.49. The molecule has 0 aliphatic rings. The van der Waals surface area contributed by atoms with Crippen LogP contribution in [-0.4, -0.2) is 25.3 Å². The average molecular weight is 352 g/mol. The molecular weight excluding hydrogens is 332 g/mol. The number of hydrogen-bond donors (Lipinski definition) is 0. The first-order chi connectivity index (χ1) is 12.6. The van der Waals surface area contributed by atoms with Crippen molar-refractivity contribution in [3.05, 3.63) is 65.7 Å². The fraction of sp³-hybridized carbons (Fsp3) is 0.250. The summed E-state index contributed by atoms with van der Waals surface area (Å²) in [6.07, 6.45) is -0.652. The number of rotatable bonds is 6. The molecule has 0 N–H and O–H groups in total. The summed E-state index contributed by atoms with van der Waals surface area (Å²) in [7, 11) is 0. The van der Waals surface area contributed by atoms with Gasteiger partial charge in [-0.15, -0.1) is 0 Å². The fourth-order valence-electron chi connectivity index (χ4n) is 2.49. The number of nitrogens with zero attached hydrogens (tertiary/aromatic N) is 2. The van der Waals surface area contributed by atoms with Crippen molar-refractivity contribution in [1.82, 2.24) is 0 Å². The van der Waals surface area contributed by atoms with Gasteiger partial charge >= 0.3 is 12.1 Å². The number of amides is 1. The molecule has 6 nitrogen and oxygen atoms in total. The summed E-state index contributed by atoms with van der Waals surface area (Å²) in [4.78, 5) is 26.6. The monoisotopic (exact) mass is 352 g/mol. The Labute approximate surface area is 152 Å². The van der Waals surface area contributed by atoms with Crippen LogP contribution in [0.25, 0.3) is 0 Å². The molecule has 2 rings (SSSR count). The molecule has 6 heteroatoms. The summed E-state index contributed by atoms with van der Waals surface area (Å²) in [6, 6.07) is 16.2. The number of nitriles is 1. The second-order valence-electron chi connectivity index (χ2n) is 5.29. The van der Waals surface area contributed by atoms with Crippen LogP contribution in [0.1, 0.15) is 31.0 Å². The van der Waals surface area contributed by atoms with E-state index in [4.69, 9.17) is 14.7 Å². The number of para-hydroxylation sites is 1. The van der Waals surface area contributed by atoms with Crippen molar-refractivity contribution in [2.24, 2.45) is 0 Å². The van der Waals surface area contributed by atoms with Gasteiger partial charge in [0.1, 0.15) is 0 Å². The van der Waals surface area contributed by atoms with E-state index in [1.165, 1.54) is 4.90 Å². The number of carbonyl (C=O) groups excluding carboxylic acids is 2. The molecule has 0 aliphatic heterocycles. The van der Waals surface area contributed by atoms with Crippen LogP contribution in [0.2, 0.25) is 0 Å². The van der Waals surface area contributed by atoms with Gasteiger partial charge in [0.2, 0.25) is 0 Å². The largest absolute Gasteiger partial charge is 0.464 e. The molecule has 0 saturated carbocycles. The first kappa shape index (κ1) is 19.0. The highest BCUT2D eigenvalue weighted by Gasteiger charge is 2.34. The first-order valence-electron chi connectivity index (χ1n) is 8.30. The Morgan fingerprint density at radius 1 is 1.00 bits per heavy atom. The summed E-state index contributed by atoms with van der Waals surface area (Å²) in [5, 5.41) is 8.98. The highest BCUT2D eigenvalue weighted by Crippen LogP contribution is 2.29. The van der Waals surface area contributed by atoms with Gasteiger partial charge in [-0.2, -0.15) is 5.26 Å². The SMILES string of the molecule is CCOC(=O)[C@@H](c1ccc(C#N)cc1)N(C(=O)OCC)c1ccccc1. The van der Waals surface area contributed by atoms with Gasteiger partial charge in [-0.25, -0.2) is 9.59 Å². The molecule has 0 aliphatic carbocycles. The number of esters is 1. The molecule has 2 aromatic rings. The van der Waals surface area contributed by atoms with Crippen molar-refractivity contribution < 1.29 is 19.1 Å². The van der Waals surface area contributed by atoms with Crippen molar-refractivity contribution in [3.8, 4) is 6.07 Å². The van der Waals surface area contributed by atoms with Gasteiger partial charge in [-0.3, -0.25) is 4.90 Å². The Balaban J connectivity index is 2.55. The van der Waals surface area contributed by atoms with Gasteiger partial charge in [0, 0.05) is 5.69 Å². The van der Waals surface area contributed by atoms with Crippen LogP contribution in [-0.2, 0) is 14.3 Å². The summed E-state index contributed by atoms with van der Waals surface area (Å²) < 4.78 is 10.4. The molecule has 1 amide bonds. The minimum Gasteiger partial charge on any atom is -0.464 e. The molecule has 0 aromatic heterocycles. The molecule has 0 spiro atoms. The van der Waals surface area contributed by atoms with Crippen molar-refractivity contribution in [2.45, 2.75) is 19.9 Å². The minimum atomic E-state index is -1.02. The van der Waals surface area contributed by atoms with Gasteiger partial charge in [0.15, 0.2) is 6.04 Å². The molecule has 0 fully saturated rings. The molecule has 0 saturated heterocycles. The second kappa shape index (κ2) is 9.23. The van der Waals surface area contributed by atoms with E-state index in [1.807, 2.05) is 12.1 Å². The third-order valence-corrected chi connectivity index (χ3v) is 3.62. The van der Waals surface area contributed by atoms with E-state index in [-0.39, 0.29) is 13.2 Å². The highest BCUT2D eigenvalue weighted by atomic mass is 16.6. The van der Waals surface area contributed by atoms with Crippen molar-refractivity contribution in [3.63, 3.8) is 0 Å². The predicted octanol–water partition coefficient (Wildman–Crippen LogP) is 3.83. The Bertz CT molecular complexity index is 782. The maximum atomic E-state index is 12.7. The highest BCUT2D eigenvalue weighted by molar-refractivity contribution is 5.96. The smallest absolute Gasteiger partial charge is 0.415 e. The average Bonchev–Trinajstić information content (AvgIpc) is 2.67. The number of benzene rings is 2. The number of hydrogen-bond acceptors (Lipinski definition) is 5. The molecular formula is C20H20N2O4. The van der Waals surface area contributed by atoms with Crippen LogP contribution in [0.3, 0.4) is 0 Å². The molecule has 0 unspecified atom stereocenters. The zero-order chi connectivity index (χ0) is 18.9. The lowest BCUT2D eigenvalue weighted by molar-refractivity contribution is -0.144. The van der Waals surface area contributed by atoms with Gasteiger partial charge in [-0.05, 0) is 43.7 Å². The number of anilines is 1. The number of carbonyl (C=O) groups is 2. The van der Waals surface area contributed by atoms with Gasteiger partial charge in [0.05, 0.1) is 24.8 Å². The standard InChI is InChI=1S/C20H20N2O4/c1-3-25-19(23)18(16-12-10-15(14-21)11-13-16)22(20(24)26-4-2)17-8-6-5-7-9-17/h5-13,18H,3-4H2,1-2H3/t18-/m1/s1. The van der Waals surface area contributed by atoms with Crippen LogP contribution in [0.4, 0.5) is 10.5 Å². The Hall–Kier alpha value is -3.33. The maximum Gasteiger partial charge on any atom is 0.415 e. The lowest BCUT2D eigenvalue weighted by Crippen LogP contribution is -2.40. The topological polar surface area (TPSA) is 79.6 Å². The first-order valence-corrected chi connectivity index (χ1v) is 8.30. The van der Waals surface area contributed by atoms with E-state index in [0.717, 1.165) is 0 Å². The van der Waals surface area contributed by atoms with Crippen LogP contribution in [0.5, 0.6) is 0 Å². The van der Waals surface area contributed by atoms with Gasteiger partial charge < -0.3 is 9.47 Å². The Morgan fingerprint density at radius 2 is 1.62 bits per heavy atom. The lowest BCUT2D eigenvalue weighted by Gasteiger charge is -2.29. The van der Waals surface area contributed by atoms with Crippen LogP contribution in [0.15, 0.2) is 54.6 Å². The zero-order valence-electron chi connectivity index (χ0n) is 14.7. The molecule has 0 heterocycles. The predicted molar refractivity (Wildman–Crippen MR) is 96.5 cm³/mol. The Kier molecular flexibility index (Phi) is 6.75. The third kappa shape index (κ3) is 4.39. The molecule has 134 valence electrons. The Morgan fingerprint density at radius 3 is 2.15 bits per heavy atom. The molecule has 2 aromatic carbocycles. The van der Waals surface area contributed by atoms with Crippen LogP contribution in [0, 0.1) is 11.3 Å². The van der Waals surface area contributed by atoms with Crippen LogP contribution >= 0.6 is 0 Å². The molecule has 0 bridgehead atoms. The van der Waals surface area contributed by atoms with Gasteiger partial charge in [0.25, 0.3) is 0 Å². The van der Waals surface area contributed by atoms with E-state index < -0.39 is 18.1 Å². The van der Waals surface area contributed by atoms with Gasteiger partial charge in [-0.1, -0.05) is 30.3 Å². The summed E-state index contributed by atoms with van der Waals surface area (Å²) >= 11 is 0. The summed E-state index contributed by atoms with van der Waals surface area (Å²) in [6.45, 7) is 3.75. The second-order valence-corrected chi connectivity index (χ2v) is 5.29. The molecule has 0 radical (unpaired) electrons. The maximum absolute atomic E-state index is 12.7. The van der Waals surface area contributed by atoms with E-state index in [0.29, 0.717) is 16.8 Å². The van der Waals surface area contributed by atoms with Crippen molar-refractivity contribution >= 4 is 17.7 Å². The van der Waals surface area contributed by atoms with E-state index in [2.05, 4.69) is 0 Å². The van der Waals surface area contributed by atoms with E-state index in [9.17, 15) is 9.59 Å². The normalized spacial score (nSPS) is 11.1. The number of ether oxygens (including phenoxy) is 2. The van der Waals surface area contributed by atoms with Crippen molar-refractivity contribution in [2.75, 3.05) is 18.1 Å². The summed E-state index contributed by atoms with van der Waals surface area (Å²) in [5.74, 6) is -0.575. The summed E-state index contributed by atoms with van der Waals surface area (Å²) in [5.41, 5.74) is 1.49. The van der Waals surface area contributed by atoms with E-state index in [1.54, 1.807) is 62.4 Å². The van der Waals surface area contributed by atoms with E-state index >= 15 is 0 Å². The van der Waals surface area contributed by atoms with Crippen LogP contribution < -0.4 is 4.90 Å². The van der Waals surface area contributed by atoms with Crippen molar-refractivity contribution in [1.29, 1.82) is 5.26 Å². The minimum absolute atomic E-state index is 0.172. The lowest BCUT2D eigenvalue weighted by atomic mass is 10.0. The quantitative estimate of drug-likeness (QED) is 0.738. The zero-order valence-corrected chi connectivity index (χ0v) is 14.7. The third-order valence-electron chi connectivity index (χ3n) is 3.62. The molecule has 1 atom stereocenters.